The number of rotatable bonds is 4. The molecular weight excluding hydrogens is 262 g/mol. The Balaban J connectivity index is 1.82. The van der Waals surface area contributed by atoms with Crippen LogP contribution >= 0.6 is 0 Å². The van der Waals surface area contributed by atoms with Crippen molar-refractivity contribution in [2.24, 2.45) is 0 Å². The van der Waals surface area contributed by atoms with Crippen LogP contribution in [0.4, 0.5) is 5.69 Å². The second kappa shape index (κ2) is 5.78. The first-order chi connectivity index (χ1) is 10.2. The molecule has 0 saturated heterocycles. The first kappa shape index (κ1) is 14.0. The number of aryl methyl sites for hydroxylation is 1. The van der Waals surface area contributed by atoms with Gasteiger partial charge in [-0.15, -0.1) is 0 Å². The van der Waals surface area contributed by atoms with Gasteiger partial charge in [0.25, 0.3) is 0 Å². The third-order valence-electron chi connectivity index (χ3n) is 4.12. The molecule has 2 aromatic rings. The maximum absolute atomic E-state index is 10.6. The zero-order valence-corrected chi connectivity index (χ0v) is 12.5. The largest absolute Gasteiger partial charge is 0.496 e. The van der Waals surface area contributed by atoms with Gasteiger partial charge in [-0.2, -0.15) is 0 Å². The highest BCUT2D eigenvalue weighted by atomic mass is 16.5. The van der Waals surface area contributed by atoms with Crippen molar-refractivity contribution in [2.75, 3.05) is 25.1 Å². The summed E-state index contributed by atoms with van der Waals surface area (Å²) in [5.41, 5.74) is 4.60. The third-order valence-corrected chi connectivity index (χ3v) is 4.12. The summed E-state index contributed by atoms with van der Waals surface area (Å²) in [5.74, 6) is 0.751. The fourth-order valence-corrected chi connectivity index (χ4v) is 3.02. The lowest BCUT2D eigenvalue weighted by molar-refractivity contribution is 0.179. The van der Waals surface area contributed by atoms with E-state index in [1.807, 2.05) is 25.1 Å². The van der Waals surface area contributed by atoms with Gasteiger partial charge < -0.3 is 14.7 Å². The average Bonchev–Trinajstić information content (AvgIpc) is 2.90. The van der Waals surface area contributed by atoms with Crippen molar-refractivity contribution in [3.05, 3.63) is 59.2 Å². The lowest BCUT2D eigenvalue weighted by Crippen LogP contribution is -2.26. The van der Waals surface area contributed by atoms with E-state index < -0.39 is 6.10 Å². The quantitative estimate of drug-likeness (QED) is 0.936. The molecule has 1 aliphatic rings. The summed E-state index contributed by atoms with van der Waals surface area (Å²) in [6.07, 6.45) is 0.499. The maximum atomic E-state index is 10.6. The van der Waals surface area contributed by atoms with Crippen molar-refractivity contribution < 1.29 is 9.84 Å². The van der Waals surface area contributed by atoms with E-state index in [1.165, 1.54) is 11.3 Å². The lowest BCUT2D eigenvalue weighted by Gasteiger charge is -2.24. The predicted molar refractivity (Wildman–Crippen MR) is 85.0 cm³/mol. The molecule has 1 heterocycles. The van der Waals surface area contributed by atoms with Crippen LogP contribution < -0.4 is 9.64 Å². The van der Waals surface area contributed by atoms with E-state index in [9.17, 15) is 5.11 Å². The van der Waals surface area contributed by atoms with E-state index in [0.717, 1.165) is 29.8 Å². The van der Waals surface area contributed by atoms with Crippen molar-refractivity contribution in [1.29, 1.82) is 0 Å². The van der Waals surface area contributed by atoms with Crippen LogP contribution in [0.2, 0.25) is 0 Å². The molecule has 2 aromatic carbocycles. The summed E-state index contributed by atoms with van der Waals surface area (Å²) in [4.78, 5) is 2.25. The van der Waals surface area contributed by atoms with Crippen molar-refractivity contribution in [1.82, 2.24) is 0 Å². The number of hydrogen-bond acceptors (Lipinski definition) is 3. The summed E-state index contributed by atoms with van der Waals surface area (Å²) in [6.45, 7) is 3.59. The van der Waals surface area contributed by atoms with Gasteiger partial charge in [-0.1, -0.05) is 29.8 Å². The Kier molecular flexibility index (Phi) is 3.84. The average molecular weight is 283 g/mol. The smallest absolute Gasteiger partial charge is 0.124 e. The van der Waals surface area contributed by atoms with Gasteiger partial charge in [-0.05, 0) is 37.1 Å². The molecule has 1 atom stereocenters. The minimum absolute atomic E-state index is 0.550. The Labute approximate surface area is 125 Å². The normalized spacial score (nSPS) is 14.9. The van der Waals surface area contributed by atoms with E-state index in [0.29, 0.717) is 6.54 Å². The maximum Gasteiger partial charge on any atom is 0.124 e. The van der Waals surface area contributed by atoms with Crippen molar-refractivity contribution >= 4 is 5.69 Å². The number of aliphatic hydroxyl groups is 1. The second-order valence-corrected chi connectivity index (χ2v) is 5.59. The van der Waals surface area contributed by atoms with Crippen LogP contribution in [0.3, 0.4) is 0 Å². The zero-order valence-electron chi connectivity index (χ0n) is 12.5. The van der Waals surface area contributed by atoms with Crippen molar-refractivity contribution in [2.45, 2.75) is 19.4 Å². The Morgan fingerprint density at radius 3 is 2.86 bits per heavy atom. The Bertz CT molecular complexity index is 639. The number of β-amino-alcohol motifs (C(OH)–C–C–N with tert-alkyl or cyclic N) is 1. The number of aliphatic hydroxyl groups excluding tert-OH is 1. The Morgan fingerprint density at radius 2 is 2.05 bits per heavy atom. The summed E-state index contributed by atoms with van der Waals surface area (Å²) < 4.78 is 5.38. The van der Waals surface area contributed by atoms with E-state index in [2.05, 4.69) is 29.2 Å². The molecule has 3 rings (SSSR count). The molecule has 0 aromatic heterocycles. The molecule has 0 fully saturated rings. The van der Waals surface area contributed by atoms with Crippen LogP contribution in [0.1, 0.15) is 22.8 Å². The van der Waals surface area contributed by atoms with E-state index >= 15 is 0 Å². The van der Waals surface area contributed by atoms with Gasteiger partial charge >= 0.3 is 0 Å². The molecule has 1 unspecified atom stereocenters. The number of anilines is 1. The molecule has 0 radical (unpaired) electrons. The molecule has 110 valence electrons. The molecule has 0 spiro atoms. The van der Waals surface area contributed by atoms with Gasteiger partial charge in [0.1, 0.15) is 11.9 Å². The molecule has 1 aliphatic heterocycles. The summed E-state index contributed by atoms with van der Waals surface area (Å²) in [6, 6.07) is 14.3. The van der Waals surface area contributed by atoms with Crippen LogP contribution in [-0.4, -0.2) is 25.3 Å². The lowest BCUT2D eigenvalue weighted by atomic mass is 10.0. The predicted octanol–water partition coefficient (Wildman–Crippen LogP) is 3.10. The Morgan fingerprint density at radius 1 is 1.24 bits per heavy atom. The standard InChI is InChI=1S/C18H21NO2/c1-13-7-8-18(21-2)15(11-13)17(20)12-19-10-9-14-5-3-4-6-16(14)19/h3-8,11,17,20H,9-10,12H2,1-2H3. The van der Waals surface area contributed by atoms with Gasteiger partial charge in [0.05, 0.1) is 7.11 Å². The van der Waals surface area contributed by atoms with Gasteiger partial charge in [-0.3, -0.25) is 0 Å². The van der Waals surface area contributed by atoms with Gasteiger partial charge in [0, 0.05) is 24.3 Å². The topological polar surface area (TPSA) is 32.7 Å². The number of para-hydroxylation sites is 1. The number of methoxy groups -OCH3 is 1. The van der Waals surface area contributed by atoms with Gasteiger partial charge in [0.15, 0.2) is 0 Å². The molecule has 0 bridgehead atoms. The molecule has 0 saturated carbocycles. The highest BCUT2D eigenvalue weighted by Gasteiger charge is 2.23. The Hall–Kier alpha value is -2.00. The van der Waals surface area contributed by atoms with Crippen LogP contribution in [0.5, 0.6) is 5.75 Å². The van der Waals surface area contributed by atoms with Crippen LogP contribution in [0, 0.1) is 6.92 Å². The number of fused-ring (bicyclic) bond motifs is 1. The van der Waals surface area contributed by atoms with Crippen LogP contribution in [0.25, 0.3) is 0 Å². The van der Waals surface area contributed by atoms with E-state index in [1.54, 1.807) is 7.11 Å². The van der Waals surface area contributed by atoms with E-state index in [-0.39, 0.29) is 0 Å². The molecule has 0 aliphatic carbocycles. The zero-order chi connectivity index (χ0) is 14.8. The first-order valence-corrected chi connectivity index (χ1v) is 7.34. The summed E-state index contributed by atoms with van der Waals surface area (Å²) in [7, 11) is 1.64. The SMILES string of the molecule is COc1ccc(C)cc1C(O)CN1CCc2ccccc21. The van der Waals surface area contributed by atoms with Crippen LogP contribution in [0.15, 0.2) is 42.5 Å². The monoisotopic (exact) mass is 283 g/mol. The van der Waals surface area contributed by atoms with Crippen molar-refractivity contribution in [3.8, 4) is 5.75 Å². The molecule has 1 N–H and O–H groups in total. The minimum Gasteiger partial charge on any atom is -0.496 e. The highest BCUT2D eigenvalue weighted by molar-refractivity contribution is 5.58. The number of nitrogens with zero attached hydrogens (tertiary/aromatic N) is 1. The summed E-state index contributed by atoms with van der Waals surface area (Å²) >= 11 is 0. The molecule has 3 nitrogen and oxygen atoms in total. The molecule has 3 heteroatoms. The second-order valence-electron chi connectivity index (χ2n) is 5.59. The first-order valence-electron chi connectivity index (χ1n) is 7.34. The molecule has 0 amide bonds. The fraction of sp³-hybridized carbons (Fsp3) is 0.333. The van der Waals surface area contributed by atoms with Crippen LogP contribution in [-0.2, 0) is 6.42 Å². The minimum atomic E-state index is -0.550. The summed E-state index contributed by atoms with van der Waals surface area (Å²) in [5, 5.41) is 10.6. The fourth-order valence-electron chi connectivity index (χ4n) is 3.02. The number of ether oxygens (including phenoxy) is 1. The number of benzene rings is 2. The molecule has 21 heavy (non-hydrogen) atoms. The van der Waals surface area contributed by atoms with Gasteiger partial charge in [-0.25, -0.2) is 0 Å². The van der Waals surface area contributed by atoms with Gasteiger partial charge in [0.2, 0.25) is 0 Å². The molecular formula is C18H21NO2. The highest BCUT2D eigenvalue weighted by Crippen LogP contribution is 2.32. The van der Waals surface area contributed by atoms with E-state index in [4.69, 9.17) is 4.74 Å². The number of hydrogen-bond donors (Lipinski definition) is 1. The third kappa shape index (κ3) is 2.74. The van der Waals surface area contributed by atoms with Crippen molar-refractivity contribution in [3.63, 3.8) is 0 Å².